The summed E-state index contributed by atoms with van der Waals surface area (Å²) in [7, 11) is 0. The van der Waals surface area contributed by atoms with Crippen LogP contribution in [0.25, 0.3) is 0 Å². The molecule has 2 aliphatic rings. The molecule has 1 N–H and O–H groups in total. The summed E-state index contributed by atoms with van der Waals surface area (Å²) in [6.45, 7) is 6.03. The summed E-state index contributed by atoms with van der Waals surface area (Å²) in [5.41, 5.74) is 2.74. The fourth-order valence-corrected chi connectivity index (χ4v) is 3.92. The molecule has 1 aromatic rings. The van der Waals surface area contributed by atoms with E-state index in [9.17, 15) is 0 Å². The third-order valence-corrected chi connectivity index (χ3v) is 5.31. The number of nitrogens with zero attached hydrogens (tertiary/aromatic N) is 1. The Bertz CT molecular complexity index is 414. The van der Waals surface area contributed by atoms with Gasteiger partial charge in [0, 0.05) is 18.3 Å². The molecule has 1 atom stereocenters. The SMILES string of the molecule is CC(Nc1ccc(CN2CCCC2)cc1)C1CCCCC1. The quantitative estimate of drug-likeness (QED) is 0.846. The molecule has 0 spiro atoms. The summed E-state index contributed by atoms with van der Waals surface area (Å²) in [5, 5.41) is 3.72. The second-order valence-electron chi connectivity index (χ2n) is 7.01. The number of nitrogens with one attached hydrogen (secondary N) is 1. The highest BCUT2D eigenvalue weighted by molar-refractivity contribution is 5.45. The van der Waals surface area contributed by atoms with E-state index in [1.54, 1.807) is 0 Å². The van der Waals surface area contributed by atoms with Crippen LogP contribution in [0, 0.1) is 5.92 Å². The van der Waals surface area contributed by atoms with Crippen LogP contribution < -0.4 is 5.32 Å². The topological polar surface area (TPSA) is 15.3 Å². The molecule has 116 valence electrons. The smallest absolute Gasteiger partial charge is 0.0342 e. The van der Waals surface area contributed by atoms with Crippen molar-refractivity contribution in [2.45, 2.75) is 64.5 Å². The minimum absolute atomic E-state index is 0.606. The standard InChI is InChI=1S/C19H30N2/c1-16(18-7-3-2-4-8-18)20-19-11-9-17(10-12-19)15-21-13-5-6-14-21/h9-12,16,18,20H,2-8,13-15H2,1H3. The van der Waals surface area contributed by atoms with Crippen LogP contribution in [0.2, 0.25) is 0 Å². The Morgan fingerprint density at radius 2 is 1.67 bits per heavy atom. The summed E-state index contributed by atoms with van der Waals surface area (Å²) < 4.78 is 0. The molecule has 1 aliphatic heterocycles. The van der Waals surface area contributed by atoms with Crippen molar-refractivity contribution in [3.63, 3.8) is 0 Å². The van der Waals surface area contributed by atoms with Gasteiger partial charge in [-0.15, -0.1) is 0 Å². The lowest BCUT2D eigenvalue weighted by Crippen LogP contribution is -2.27. The molecule has 0 bridgehead atoms. The third-order valence-electron chi connectivity index (χ3n) is 5.31. The third kappa shape index (κ3) is 4.23. The molecule has 21 heavy (non-hydrogen) atoms. The van der Waals surface area contributed by atoms with E-state index in [0.717, 1.165) is 12.5 Å². The molecule has 3 rings (SSSR count). The zero-order chi connectivity index (χ0) is 14.5. The van der Waals surface area contributed by atoms with Crippen molar-refractivity contribution < 1.29 is 0 Å². The second kappa shape index (κ2) is 7.31. The Kier molecular flexibility index (Phi) is 5.18. The molecule has 1 heterocycles. The van der Waals surface area contributed by atoms with Gasteiger partial charge in [0.15, 0.2) is 0 Å². The molecule has 1 aliphatic carbocycles. The molecule has 1 saturated carbocycles. The molecular formula is C19H30N2. The number of likely N-dealkylation sites (tertiary alicyclic amines) is 1. The zero-order valence-electron chi connectivity index (χ0n) is 13.5. The molecule has 1 saturated heterocycles. The lowest BCUT2D eigenvalue weighted by atomic mass is 9.84. The van der Waals surface area contributed by atoms with Crippen LogP contribution in [0.1, 0.15) is 57.4 Å². The van der Waals surface area contributed by atoms with Gasteiger partial charge in [-0.2, -0.15) is 0 Å². The van der Waals surface area contributed by atoms with Gasteiger partial charge in [-0.3, -0.25) is 4.90 Å². The number of hydrogen-bond donors (Lipinski definition) is 1. The van der Waals surface area contributed by atoms with Crippen molar-refractivity contribution in [1.82, 2.24) is 4.90 Å². The molecule has 1 unspecified atom stereocenters. The van der Waals surface area contributed by atoms with Gasteiger partial charge in [-0.1, -0.05) is 31.4 Å². The van der Waals surface area contributed by atoms with Crippen molar-refractivity contribution in [3.05, 3.63) is 29.8 Å². The van der Waals surface area contributed by atoms with E-state index in [-0.39, 0.29) is 0 Å². The number of rotatable bonds is 5. The first kappa shape index (κ1) is 14.9. The Balaban J connectivity index is 1.51. The maximum atomic E-state index is 3.72. The van der Waals surface area contributed by atoms with Gasteiger partial charge in [0.25, 0.3) is 0 Å². The summed E-state index contributed by atoms with van der Waals surface area (Å²) in [5.74, 6) is 0.864. The van der Waals surface area contributed by atoms with Crippen LogP contribution in [0.15, 0.2) is 24.3 Å². The molecule has 0 aromatic heterocycles. The largest absolute Gasteiger partial charge is 0.382 e. The Morgan fingerprint density at radius 3 is 2.33 bits per heavy atom. The Hall–Kier alpha value is -1.02. The second-order valence-corrected chi connectivity index (χ2v) is 7.01. The fourth-order valence-electron chi connectivity index (χ4n) is 3.92. The van der Waals surface area contributed by atoms with Crippen molar-refractivity contribution >= 4 is 5.69 Å². The van der Waals surface area contributed by atoms with E-state index < -0.39 is 0 Å². The van der Waals surface area contributed by atoms with Crippen LogP contribution in [0.5, 0.6) is 0 Å². The molecule has 2 nitrogen and oxygen atoms in total. The van der Waals surface area contributed by atoms with Crippen molar-refractivity contribution in [2.24, 2.45) is 5.92 Å². The van der Waals surface area contributed by atoms with Crippen molar-refractivity contribution in [1.29, 1.82) is 0 Å². The highest BCUT2D eigenvalue weighted by atomic mass is 15.1. The van der Waals surface area contributed by atoms with Gasteiger partial charge < -0.3 is 5.32 Å². The fraction of sp³-hybridized carbons (Fsp3) is 0.684. The maximum Gasteiger partial charge on any atom is 0.0342 e. The monoisotopic (exact) mass is 286 g/mol. The first-order chi connectivity index (χ1) is 10.3. The lowest BCUT2D eigenvalue weighted by Gasteiger charge is -2.29. The predicted molar refractivity (Wildman–Crippen MR) is 90.6 cm³/mol. The van der Waals surface area contributed by atoms with Gasteiger partial charge in [0.2, 0.25) is 0 Å². The predicted octanol–water partition coefficient (Wildman–Crippen LogP) is 4.66. The van der Waals surface area contributed by atoms with E-state index >= 15 is 0 Å². The summed E-state index contributed by atoms with van der Waals surface area (Å²) >= 11 is 0. The molecule has 2 fully saturated rings. The maximum absolute atomic E-state index is 3.72. The van der Waals surface area contributed by atoms with Crippen LogP contribution in [-0.4, -0.2) is 24.0 Å². The van der Waals surface area contributed by atoms with E-state index in [1.165, 1.54) is 69.3 Å². The highest BCUT2D eigenvalue weighted by Gasteiger charge is 2.19. The van der Waals surface area contributed by atoms with Crippen molar-refractivity contribution in [2.75, 3.05) is 18.4 Å². The van der Waals surface area contributed by atoms with Gasteiger partial charge in [0.1, 0.15) is 0 Å². The normalized spacial score (nSPS) is 22.3. The van der Waals surface area contributed by atoms with Gasteiger partial charge in [0.05, 0.1) is 0 Å². The van der Waals surface area contributed by atoms with Crippen LogP contribution in [0.3, 0.4) is 0 Å². The van der Waals surface area contributed by atoms with Crippen LogP contribution in [-0.2, 0) is 6.54 Å². The number of anilines is 1. The molecule has 0 radical (unpaired) electrons. The van der Waals surface area contributed by atoms with Crippen LogP contribution >= 0.6 is 0 Å². The number of hydrogen-bond acceptors (Lipinski definition) is 2. The van der Waals surface area contributed by atoms with Crippen molar-refractivity contribution in [3.8, 4) is 0 Å². The summed E-state index contributed by atoms with van der Waals surface area (Å²) in [4.78, 5) is 2.56. The van der Waals surface area contributed by atoms with E-state index in [0.29, 0.717) is 6.04 Å². The Morgan fingerprint density at radius 1 is 1.00 bits per heavy atom. The van der Waals surface area contributed by atoms with E-state index in [4.69, 9.17) is 0 Å². The van der Waals surface area contributed by atoms with E-state index in [1.807, 2.05) is 0 Å². The van der Waals surface area contributed by atoms with Gasteiger partial charge >= 0.3 is 0 Å². The summed E-state index contributed by atoms with van der Waals surface area (Å²) in [6, 6.07) is 9.74. The van der Waals surface area contributed by atoms with Gasteiger partial charge in [-0.25, -0.2) is 0 Å². The minimum Gasteiger partial charge on any atom is -0.382 e. The minimum atomic E-state index is 0.606. The Labute approximate surface area is 129 Å². The lowest BCUT2D eigenvalue weighted by molar-refractivity contribution is 0.328. The number of benzene rings is 1. The molecule has 0 amide bonds. The van der Waals surface area contributed by atoms with Gasteiger partial charge in [-0.05, 0) is 69.3 Å². The highest BCUT2D eigenvalue weighted by Crippen LogP contribution is 2.28. The van der Waals surface area contributed by atoms with E-state index in [2.05, 4.69) is 41.4 Å². The first-order valence-electron chi connectivity index (χ1n) is 8.89. The zero-order valence-corrected chi connectivity index (χ0v) is 13.5. The average Bonchev–Trinajstić information content (AvgIpc) is 3.03. The first-order valence-corrected chi connectivity index (χ1v) is 8.89. The molecule has 1 aromatic carbocycles. The molecular weight excluding hydrogens is 256 g/mol. The average molecular weight is 286 g/mol. The molecule has 2 heteroatoms. The van der Waals surface area contributed by atoms with Crippen LogP contribution in [0.4, 0.5) is 5.69 Å². The summed E-state index contributed by atoms with van der Waals surface area (Å²) in [6.07, 6.45) is 9.84.